The first-order valence-corrected chi connectivity index (χ1v) is 10.2. The molecule has 0 N–H and O–H groups in total. The van der Waals surface area contributed by atoms with Crippen molar-refractivity contribution in [2.75, 3.05) is 6.54 Å². The summed E-state index contributed by atoms with van der Waals surface area (Å²) in [6, 6.07) is 1.38. The minimum Gasteiger partial charge on any atom is -0.345 e. The average molecular weight is 385 g/mol. The average Bonchev–Trinajstić information content (AvgIpc) is 3.41. The van der Waals surface area contributed by atoms with Crippen LogP contribution in [-0.4, -0.2) is 50.6 Å². The van der Waals surface area contributed by atoms with Gasteiger partial charge in [0, 0.05) is 29.0 Å². The van der Waals surface area contributed by atoms with Gasteiger partial charge in [-0.05, 0) is 51.5 Å². The molecule has 0 unspecified atom stereocenters. The van der Waals surface area contributed by atoms with Gasteiger partial charge in [0.25, 0.3) is 0 Å². The van der Waals surface area contributed by atoms with E-state index in [9.17, 15) is 19.2 Å². The maximum Gasteiger partial charge on any atom is 0.334 e. The number of carbonyl (C=O) groups excluding carboxylic acids is 4. The molecule has 3 fully saturated rings. The van der Waals surface area contributed by atoms with Gasteiger partial charge in [-0.3, -0.25) is 19.3 Å². The van der Waals surface area contributed by atoms with Crippen molar-refractivity contribution in [1.82, 2.24) is 14.4 Å². The molecule has 2 heterocycles. The fourth-order valence-electron chi connectivity index (χ4n) is 4.82. The van der Waals surface area contributed by atoms with E-state index in [2.05, 4.69) is 4.57 Å². The third-order valence-corrected chi connectivity index (χ3v) is 6.48. The molecular weight excluding hydrogens is 358 g/mol. The smallest absolute Gasteiger partial charge is 0.334 e. The van der Waals surface area contributed by atoms with Crippen LogP contribution in [0, 0.1) is 19.8 Å². The first-order valence-electron chi connectivity index (χ1n) is 10.2. The maximum atomic E-state index is 12.9. The highest BCUT2D eigenvalue weighted by Crippen LogP contribution is 2.38. The van der Waals surface area contributed by atoms with Gasteiger partial charge < -0.3 is 4.57 Å². The number of ketones is 1. The van der Waals surface area contributed by atoms with Gasteiger partial charge in [0.1, 0.15) is 0 Å². The SMILES string of the molecule is Cc1cc(C(=O)CN2C(=O)C(=O)N([C@H]3CCCC[C@H]3C)C2=O)c(C)n1C1CC1. The molecule has 150 valence electrons. The van der Waals surface area contributed by atoms with Crippen molar-refractivity contribution < 1.29 is 19.2 Å². The van der Waals surface area contributed by atoms with Gasteiger partial charge in [0.05, 0.1) is 6.54 Å². The molecule has 7 nitrogen and oxygen atoms in total. The second kappa shape index (κ2) is 6.87. The molecule has 2 atom stereocenters. The summed E-state index contributed by atoms with van der Waals surface area (Å²) in [6.45, 7) is 5.49. The summed E-state index contributed by atoms with van der Waals surface area (Å²) in [5.41, 5.74) is 2.41. The Morgan fingerprint density at radius 2 is 1.71 bits per heavy atom. The Morgan fingerprint density at radius 3 is 2.36 bits per heavy atom. The van der Waals surface area contributed by atoms with Gasteiger partial charge in [-0.1, -0.05) is 19.8 Å². The van der Waals surface area contributed by atoms with Crippen molar-refractivity contribution >= 4 is 23.6 Å². The summed E-state index contributed by atoms with van der Waals surface area (Å²) in [4.78, 5) is 52.7. The van der Waals surface area contributed by atoms with Crippen LogP contribution >= 0.6 is 0 Å². The van der Waals surface area contributed by atoms with Gasteiger partial charge in [-0.2, -0.15) is 0 Å². The molecular formula is C21H27N3O4. The topological polar surface area (TPSA) is 79.7 Å². The molecule has 1 saturated heterocycles. The number of amides is 4. The molecule has 0 radical (unpaired) electrons. The number of rotatable bonds is 5. The number of urea groups is 1. The highest BCUT2D eigenvalue weighted by atomic mass is 16.2. The van der Waals surface area contributed by atoms with Crippen LogP contribution in [0.1, 0.15) is 73.2 Å². The van der Waals surface area contributed by atoms with Crippen LogP contribution in [0.5, 0.6) is 0 Å². The largest absolute Gasteiger partial charge is 0.345 e. The lowest BCUT2D eigenvalue weighted by Gasteiger charge is -2.34. The summed E-state index contributed by atoms with van der Waals surface area (Å²) in [6.07, 6.45) is 5.87. The van der Waals surface area contributed by atoms with Crippen molar-refractivity contribution in [3.05, 3.63) is 23.0 Å². The van der Waals surface area contributed by atoms with E-state index in [4.69, 9.17) is 0 Å². The Morgan fingerprint density at radius 1 is 1.04 bits per heavy atom. The number of aryl methyl sites for hydroxylation is 1. The Hall–Kier alpha value is -2.44. The Kier molecular flexibility index (Phi) is 4.63. The van der Waals surface area contributed by atoms with E-state index < -0.39 is 17.8 Å². The summed E-state index contributed by atoms with van der Waals surface area (Å²) in [7, 11) is 0. The molecule has 2 saturated carbocycles. The van der Waals surface area contributed by atoms with E-state index in [-0.39, 0.29) is 24.3 Å². The van der Waals surface area contributed by atoms with Gasteiger partial charge in [0.2, 0.25) is 0 Å². The van der Waals surface area contributed by atoms with E-state index in [0.29, 0.717) is 11.6 Å². The highest BCUT2D eigenvalue weighted by Gasteiger charge is 2.49. The molecule has 7 heteroatoms. The third kappa shape index (κ3) is 2.97. The number of Topliss-reactive ketones (excluding diaryl/α,β-unsaturated/α-hetero) is 1. The molecule has 2 aliphatic carbocycles. The van der Waals surface area contributed by atoms with Crippen molar-refractivity contribution in [2.24, 2.45) is 5.92 Å². The predicted octanol–water partition coefficient (Wildman–Crippen LogP) is 2.99. The number of hydrogen-bond acceptors (Lipinski definition) is 4. The molecule has 1 aromatic rings. The first kappa shape index (κ1) is 18.9. The Bertz CT molecular complexity index is 867. The van der Waals surface area contributed by atoms with Crippen LogP contribution in [0.15, 0.2) is 6.07 Å². The number of hydrogen-bond donors (Lipinski definition) is 0. The summed E-state index contributed by atoms with van der Waals surface area (Å²) < 4.78 is 2.15. The Balaban J connectivity index is 1.54. The van der Waals surface area contributed by atoms with Gasteiger partial charge in [-0.15, -0.1) is 0 Å². The summed E-state index contributed by atoms with van der Waals surface area (Å²) in [5.74, 6) is -1.80. The van der Waals surface area contributed by atoms with Gasteiger partial charge >= 0.3 is 17.8 Å². The van der Waals surface area contributed by atoms with E-state index in [1.54, 1.807) is 0 Å². The lowest BCUT2D eigenvalue weighted by molar-refractivity contribution is -0.144. The van der Waals surface area contributed by atoms with Crippen LogP contribution in [0.4, 0.5) is 4.79 Å². The maximum absolute atomic E-state index is 12.9. The first-order chi connectivity index (χ1) is 13.3. The zero-order valence-electron chi connectivity index (χ0n) is 16.7. The molecule has 0 bridgehead atoms. The van der Waals surface area contributed by atoms with E-state index in [1.807, 2.05) is 26.8 Å². The lowest BCUT2D eigenvalue weighted by atomic mass is 9.85. The number of nitrogens with zero attached hydrogens (tertiary/aromatic N) is 3. The molecule has 3 aliphatic rings. The van der Waals surface area contributed by atoms with Crippen LogP contribution in [0.3, 0.4) is 0 Å². The van der Waals surface area contributed by atoms with Crippen LogP contribution in [0.25, 0.3) is 0 Å². The normalized spacial score (nSPS) is 25.8. The molecule has 0 aromatic carbocycles. The number of carbonyl (C=O) groups is 4. The standard InChI is InChI=1S/C21H27N3O4/c1-12-6-4-5-7-17(12)24-20(27)19(26)22(21(24)28)11-18(25)16-10-13(2)23(14(16)3)15-8-9-15/h10,12,15,17H,4-9,11H2,1-3H3/t12-,17+/m1/s1. The fourth-order valence-corrected chi connectivity index (χ4v) is 4.82. The van der Waals surface area contributed by atoms with Crippen LogP contribution < -0.4 is 0 Å². The minimum absolute atomic E-state index is 0.169. The number of aromatic nitrogens is 1. The predicted molar refractivity (Wildman–Crippen MR) is 102 cm³/mol. The van der Waals surface area contributed by atoms with Crippen molar-refractivity contribution in [3.63, 3.8) is 0 Å². The van der Waals surface area contributed by atoms with E-state index in [1.165, 1.54) is 0 Å². The van der Waals surface area contributed by atoms with Crippen LogP contribution in [-0.2, 0) is 9.59 Å². The summed E-state index contributed by atoms with van der Waals surface area (Å²) >= 11 is 0. The zero-order valence-corrected chi connectivity index (χ0v) is 16.7. The molecule has 1 aromatic heterocycles. The molecule has 28 heavy (non-hydrogen) atoms. The number of imide groups is 2. The van der Waals surface area contributed by atoms with Gasteiger partial charge in [0.15, 0.2) is 5.78 Å². The quantitative estimate of drug-likeness (QED) is 0.443. The van der Waals surface area contributed by atoms with Gasteiger partial charge in [-0.25, -0.2) is 9.69 Å². The molecule has 0 spiro atoms. The fraction of sp³-hybridized carbons (Fsp3) is 0.619. The second-order valence-corrected chi connectivity index (χ2v) is 8.49. The second-order valence-electron chi connectivity index (χ2n) is 8.49. The van der Waals surface area contributed by atoms with E-state index >= 15 is 0 Å². The molecule has 1 aliphatic heterocycles. The van der Waals surface area contributed by atoms with Crippen molar-refractivity contribution in [2.45, 2.75) is 71.4 Å². The van der Waals surface area contributed by atoms with Crippen molar-refractivity contribution in [3.8, 4) is 0 Å². The monoisotopic (exact) mass is 385 g/mol. The van der Waals surface area contributed by atoms with Crippen LogP contribution in [0.2, 0.25) is 0 Å². The third-order valence-electron chi connectivity index (χ3n) is 6.48. The lowest BCUT2D eigenvalue weighted by Crippen LogP contribution is -2.46. The highest BCUT2D eigenvalue weighted by molar-refractivity contribution is 6.45. The Labute approximate surface area is 164 Å². The van der Waals surface area contributed by atoms with Crippen molar-refractivity contribution in [1.29, 1.82) is 0 Å². The summed E-state index contributed by atoms with van der Waals surface area (Å²) in [5, 5.41) is 0. The minimum atomic E-state index is -0.882. The van der Waals surface area contributed by atoms with E-state index in [0.717, 1.165) is 59.7 Å². The molecule has 4 rings (SSSR count). The molecule has 4 amide bonds. The zero-order chi connectivity index (χ0) is 20.2.